The molecule has 23 heavy (non-hydrogen) atoms. The van der Waals surface area contributed by atoms with E-state index in [-0.39, 0.29) is 11.8 Å². The number of aliphatic carboxylic acids is 1. The lowest BCUT2D eigenvalue weighted by molar-refractivity contribution is -0.149. The van der Waals surface area contributed by atoms with Crippen LogP contribution in [0.1, 0.15) is 29.6 Å². The summed E-state index contributed by atoms with van der Waals surface area (Å²) < 4.78 is 0. The molecule has 2 fully saturated rings. The molecular weight excluding hydrogens is 320 g/mol. The van der Waals surface area contributed by atoms with E-state index < -0.39 is 29.6 Å². The summed E-state index contributed by atoms with van der Waals surface area (Å²) in [4.78, 5) is 35.7. The van der Waals surface area contributed by atoms with Crippen molar-refractivity contribution >= 4 is 29.4 Å². The Labute approximate surface area is 138 Å². The molecule has 0 unspecified atom stereocenters. The highest BCUT2D eigenvalue weighted by molar-refractivity contribution is 6.30. The normalized spacial score (nSPS) is 28.4. The average molecular weight is 337 g/mol. The van der Waals surface area contributed by atoms with Crippen LogP contribution in [0.3, 0.4) is 0 Å². The van der Waals surface area contributed by atoms with Gasteiger partial charge in [0.1, 0.15) is 0 Å². The number of halogens is 1. The summed E-state index contributed by atoms with van der Waals surface area (Å²) in [5.74, 6) is -2.93. The Balaban J connectivity index is 1.63. The van der Waals surface area contributed by atoms with Crippen molar-refractivity contribution in [1.82, 2.24) is 10.9 Å². The Morgan fingerprint density at radius 2 is 1.78 bits per heavy atom. The average Bonchev–Trinajstić information content (AvgIpc) is 3.13. The molecule has 1 aromatic carbocycles. The summed E-state index contributed by atoms with van der Waals surface area (Å²) in [7, 11) is 0. The molecule has 2 aliphatic carbocycles. The first-order valence-electron chi connectivity index (χ1n) is 7.56. The molecule has 3 rings (SSSR count). The Kier molecular flexibility index (Phi) is 4.26. The molecule has 0 saturated heterocycles. The van der Waals surface area contributed by atoms with Gasteiger partial charge in [-0.2, -0.15) is 0 Å². The minimum Gasteiger partial charge on any atom is -0.481 e. The summed E-state index contributed by atoms with van der Waals surface area (Å²) in [5, 5.41) is 9.78. The molecule has 0 aliphatic heterocycles. The maximum absolute atomic E-state index is 12.3. The van der Waals surface area contributed by atoms with Gasteiger partial charge in [0.05, 0.1) is 11.8 Å². The molecule has 2 bridgehead atoms. The molecule has 3 N–H and O–H groups in total. The van der Waals surface area contributed by atoms with Crippen molar-refractivity contribution in [3.63, 3.8) is 0 Å². The molecule has 6 nitrogen and oxygen atoms in total. The van der Waals surface area contributed by atoms with Gasteiger partial charge in [-0.05, 0) is 49.3 Å². The van der Waals surface area contributed by atoms with Crippen LogP contribution in [0.4, 0.5) is 0 Å². The van der Waals surface area contributed by atoms with Crippen molar-refractivity contribution in [3.8, 4) is 0 Å². The van der Waals surface area contributed by atoms with E-state index in [0.717, 1.165) is 19.3 Å². The molecule has 4 atom stereocenters. The van der Waals surface area contributed by atoms with Crippen LogP contribution in [0.2, 0.25) is 5.02 Å². The predicted molar refractivity (Wildman–Crippen MR) is 82.5 cm³/mol. The number of hydrogen-bond acceptors (Lipinski definition) is 3. The lowest BCUT2D eigenvalue weighted by atomic mass is 9.79. The number of fused-ring (bicyclic) bond motifs is 2. The molecule has 7 heteroatoms. The Bertz CT molecular complexity index is 663. The lowest BCUT2D eigenvalue weighted by Gasteiger charge is -2.26. The molecule has 2 aliphatic rings. The zero-order valence-electron chi connectivity index (χ0n) is 12.3. The standard InChI is InChI=1S/C16H17ClN2O4/c17-11-3-1-2-10(7-11)14(20)18-19-15(21)12-8-4-5-9(6-8)13(12)16(22)23/h1-3,7-9,12-13H,4-6H2,(H,18,20)(H,19,21)(H,22,23)/t8-,9-,12+,13-/m0/s1. The van der Waals surface area contributed by atoms with Crippen LogP contribution in [0.25, 0.3) is 0 Å². The number of carboxylic acid groups (broad SMARTS) is 1. The van der Waals surface area contributed by atoms with E-state index in [4.69, 9.17) is 11.6 Å². The zero-order valence-corrected chi connectivity index (χ0v) is 13.0. The monoisotopic (exact) mass is 336 g/mol. The number of rotatable bonds is 3. The van der Waals surface area contributed by atoms with Gasteiger partial charge in [-0.25, -0.2) is 0 Å². The highest BCUT2D eigenvalue weighted by atomic mass is 35.5. The number of amides is 2. The number of carbonyl (C=O) groups excluding carboxylic acids is 2. The molecule has 0 spiro atoms. The highest BCUT2D eigenvalue weighted by Crippen LogP contribution is 2.52. The number of hydrazine groups is 1. The van der Waals surface area contributed by atoms with Crippen LogP contribution in [-0.2, 0) is 9.59 Å². The van der Waals surface area contributed by atoms with Crippen LogP contribution >= 0.6 is 11.6 Å². The highest BCUT2D eigenvalue weighted by Gasteiger charge is 2.54. The van der Waals surface area contributed by atoms with Crippen molar-refractivity contribution < 1.29 is 19.5 Å². The minimum atomic E-state index is -0.932. The summed E-state index contributed by atoms with van der Waals surface area (Å²) in [6.07, 6.45) is 2.51. The first-order valence-corrected chi connectivity index (χ1v) is 7.93. The van der Waals surface area contributed by atoms with E-state index in [1.807, 2.05) is 0 Å². The lowest BCUT2D eigenvalue weighted by Crippen LogP contribution is -2.48. The van der Waals surface area contributed by atoms with Crippen molar-refractivity contribution in [1.29, 1.82) is 0 Å². The first kappa shape index (κ1) is 15.8. The van der Waals surface area contributed by atoms with Gasteiger partial charge in [-0.3, -0.25) is 25.2 Å². The molecule has 0 aromatic heterocycles. The predicted octanol–water partition coefficient (Wildman–Crippen LogP) is 1.85. The van der Waals surface area contributed by atoms with Crippen LogP contribution in [0.15, 0.2) is 24.3 Å². The number of benzene rings is 1. The van der Waals surface area contributed by atoms with Crippen molar-refractivity contribution in [2.75, 3.05) is 0 Å². The quantitative estimate of drug-likeness (QED) is 0.734. The largest absolute Gasteiger partial charge is 0.481 e. The minimum absolute atomic E-state index is 0.0666. The van der Waals surface area contributed by atoms with E-state index >= 15 is 0 Å². The molecule has 1 aromatic rings. The molecular formula is C16H17ClN2O4. The molecule has 2 amide bonds. The maximum Gasteiger partial charge on any atom is 0.307 e. The third-order valence-electron chi connectivity index (χ3n) is 4.89. The van der Waals surface area contributed by atoms with E-state index in [1.165, 1.54) is 6.07 Å². The Morgan fingerprint density at radius 1 is 1.09 bits per heavy atom. The Hall–Kier alpha value is -2.08. The van der Waals surface area contributed by atoms with Gasteiger partial charge in [0.25, 0.3) is 5.91 Å². The van der Waals surface area contributed by atoms with Crippen LogP contribution in [-0.4, -0.2) is 22.9 Å². The van der Waals surface area contributed by atoms with Crippen LogP contribution in [0.5, 0.6) is 0 Å². The fraction of sp³-hybridized carbons (Fsp3) is 0.438. The first-order chi connectivity index (χ1) is 11.0. The number of hydrogen-bond donors (Lipinski definition) is 3. The van der Waals surface area contributed by atoms with Crippen molar-refractivity contribution in [2.45, 2.75) is 19.3 Å². The van der Waals surface area contributed by atoms with E-state index in [2.05, 4.69) is 10.9 Å². The van der Waals surface area contributed by atoms with Gasteiger partial charge in [0.15, 0.2) is 0 Å². The third-order valence-corrected chi connectivity index (χ3v) is 5.13. The van der Waals surface area contributed by atoms with Crippen LogP contribution < -0.4 is 10.9 Å². The topological polar surface area (TPSA) is 95.5 Å². The van der Waals surface area contributed by atoms with Gasteiger partial charge in [-0.1, -0.05) is 17.7 Å². The van der Waals surface area contributed by atoms with Gasteiger partial charge >= 0.3 is 5.97 Å². The number of nitrogens with one attached hydrogen (secondary N) is 2. The van der Waals surface area contributed by atoms with E-state index in [9.17, 15) is 19.5 Å². The van der Waals surface area contributed by atoms with Crippen molar-refractivity contribution in [3.05, 3.63) is 34.9 Å². The zero-order chi connectivity index (χ0) is 16.6. The summed E-state index contributed by atoms with van der Waals surface area (Å²) >= 11 is 5.82. The second-order valence-electron chi connectivity index (χ2n) is 6.18. The van der Waals surface area contributed by atoms with Gasteiger partial charge in [0.2, 0.25) is 5.91 Å². The van der Waals surface area contributed by atoms with Gasteiger partial charge in [-0.15, -0.1) is 0 Å². The molecule has 0 radical (unpaired) electrons. The Morgan fingerprint density at radius 3 is 2.43 bits per heavy atom. The molecule has 2 saturated carbocycles. The van der Waals surface area contributed by atoms with Gasteiger partial charge < -0.3 is 5.11 Å². The smallest absolute Gasteiger partial charge is 0.307 e. The fourth-order valence-corrected chi connectivity index (χ4v) is 4.12. The summed E-state index contributed by atoms with van der Waals surface area (Å²) in [6, 6.07) is 6.34. The summed E-state index contributed by atoms with van der Waals surface area (Å²) in [5.41, 5.74) is 5.02. The van der Waals surface area contributed by atoms with E-state index in [1.54, 1.807) is 18.2 Å². The maximum atomic E-state index is 12.3. The molecule has 122 valence electrons. The van der Waals surface area contributed by atoms with Crippen molar-refractivity contribution in [2.24, 2.45) is 23.7 Å². The second kappa shape index (κ2) is 6.20. The van der Waals surface area contributed by atoms with Crippen LogP contribution in [0, 0.1) is 23.7 Å². The van der Waals surface area contributed by atoms with E-state index in [0.29, 0.717) is 10.6 Å². The number of carboxylic acids is 1. The summed E-state index contributed by atoms with van der Waals surface area (Å²) in [6.45, 7) is 0. The molecule has 0 heterocycles. The van der Waals surface area contributed by atoms with Gasteiger partial charge in [0, 0.05) is 10.6 Å². The fourth-order valence-electron chi connectivity index (χ4n) is 3.93. The number of carbonyl (C=O) groups is 3. The third kappa shape index (κ3) is 3.03. The second-order valence-corrected chi connectivity index (χ2v) is 6.61. The SMILES string of the molecule is O=C(NNC(=O)[C@@H]1[C@H]2CC[C@@H](C2)[C@@H]1C(=O)O)c1cccc(Cl)c1.